The third-order valence-electron chi connectivity index (χ3n) is 3.69. The van der Waals surface area contributed by atoms with Crippen LogP contribution in [0.1, 0.15) is 15.9 Å². The second-order valence-corrected chi connectivity index (χ2v) is 5.40. The zero-order chi connectivity index (χ0) is 17.8. The number of nitrogens with one attached hydrogen (secondary N) is 1. The number of carbonyl (C=O) groups is 1. The Labute approximate surface area is 148 Å². The molecule has 1 aliphatic heterocycles. The van der Waals surface area contributed by atoms with Crippen LogP contribution in [0.2, 0.25) is 0 Å². The highest BCUT2D eigenvalue weighted by atomic mass is 16.6. The molecule has 0 saturated heterocycles. The van der Waals surface area contributed by atoms with Gasteiger partial charge < -0.3 is 9.47 Å². The van der Waals surface area contributed by atoms with E-state index in [-0.39, 0.29) is 5.91 Å². The number of amides is 1. The van der Waals surface area contributed by atoms with Crippen molar-refractivity contribution in [2.24, 2.45) is 5.10 Å². The number of aromatic nitrogens is 4. The average Bonchev–Trinajstić information content (AvgIpc) is 3.23. The lowest BCUT2D eigenvalue weighted by Gasteiger charge is -2.18. The fraction of sp³-hybridized carbons (Fsp3) is 0.118. The number of nitrogens with zero attached hydrogens (tertiary/aromatic N) is 5. The van der Waals surface area contributed by atoms with Gasteiger partial charge in [-0.1, -0.05) is 0 Å². The molecule has 9 heteroatoms. The number of hydrogen-bond acceptors (Lipinski definition) is 7. The first-order chi connectivity index (χ1) is 12.8. The van der Waals surface area contributed by atoms with E-state index in [4.69, 9.17) is 9.47 Å². The Balaban J connectivity index is 1.39. The fourth-order valence-corrected chi connectivity index (χ4v) is 2.42. The summed E-state index contributed by atoms with van der Waals surface area (Å²) < 4.78 is 12.5. The number of rotatable bonds is 4. The fourth-order valence-electron chi connectivity index (χ4n) is 2.42. The Kier molecular flexibility index (Phi) is 4.25. The molecule has 0 spiro atoms. The molecule has 2 heterocycles. The lowest BCUT2D eigenvalue weighted by Crippen LogP contribution is -2.17. The Morgan fingerprint density at radius 1 is 1.12 bits per heavy atom. The van der Waals surface area contributed by atoms with E-state index in [1.165, 1.54) is 11.0 Å². The molecule has 1 aliphatic rings. The van der Waals surface area contributed by atoms with Gasteiger partial charge in [-0.25, -0.2) is 10.1 Å². The van der Waals surface area contributed by atoms with Crippen molar-refractivity contribution in [2.75, 3.05) is 13.2 Å². The average molecular weight is 350 g/mol. The smallest absolute Gasteiger partial charge is 0.271 e. The van der Waals surface area contributed by atoms with Crippen molar-refractivity contribution in [1.82, 2.24) is 25.6 Å². The van der Waals surface area contributed by atoms with Crippen molar-refractivity contribution in [2.45, 2.75) is 0 Å². The number of hydrazone groups is 1. The van der Waals surface area contributed by atoms with Crippen LogP contribution in [0.15, 0.2) is 53.9 Å². The van der Waals surface area contributed by atoms with E-state index < -0.39 is 0 Å². The maximum atomic E-state index is 12.1. The zero-order valence-corrected chi connectivity index (χ0v) is 13.6. The number of fused-ring (bicyclic) bond motifs is 1. The van der Waals surface area contributed by atoms with Gasteiger partial charge in [0.25, 0.3) is 5.91 Å². The molecule has 0 bridgehead atoms. The summed E-state index contributed by atoms with van der Waals surface area (Å²) in [6.07, 6.45) is 3.03. The second kappa shape index (κ2) is 7.01. The van der Waals surface area contributed by atoms with Crippen molar-refractivity contribution in [3.8, 4) is 17.2 Å². The summed E-state index contributed by atoms with van der Waals surface area (Å²) in [5, 5.41) is 14.9. The highest BCUT2D eigenvalue weighted by Gasteiger charge is 2.11. The molecule has 9 nitrogen and oxygen atoms in total. The summed E-state index contributed by atoms with van der Waals surface area (Å²) in [6, 6.07) is 12.3. The lowest BCUT2D eigenvalue weighted by atomic mass is 10.2. The van der Waals surface area contributed by atoms with E-state index in [1.54, 1.807) is 30.5 Å². The number of ether oxygens (including phenoxy) is 2. The zero-order valence-electron chi connectivity index (χ0n) is 13.6. The molecule has 4 rings (SSSR count). The third-order valence-corrected chi connectivity index (χ3v) is 3.69. The first kappa shape index (κ1) is 15.8. The molecule has 0 fully saturated rings. The van der Waals surface area contributed by atoms with Gasteiger partial charge in [0.05, 0.1) is 11.9 Å². The minimum atomic E-state index is -0.318. The quantitative estimate of drug-likeness (QED) is 0.560. The van der Waals surface area contributed by atoms with Gasteiger partial charge in [-0.2, -0.15) is 5.10 Å². The van der Waals surface area contributed by atoms with Gasteiger partial charge in [0, 0.05) is 5.56 Å². The van der Waals surface area contributed by atoms with Gasteiger partial charge in [-0.15, -0.1) is 5.10 Å². The van der Waals surface area contributed by atoms with Crippen LogP contribution in [0.5, 0.6) is 11.5 Å². The van der Waals surface area contributed by atoms with Crippen LogP contribution in [-0.2, 0) is 0 Å². The molecule has 130 valence electrons. The summed E-state index contributed by atoms with van der Waals surface area (Å²) in [4.78, 5) is 12.1. The predicted molar refractivity (Wildman–Crippen MR) is 91.6 cm³/mol. The van der Waals surface area contributed by atoms with Crippen molar-refractivity contribution in [3.63, 3.8) is 0 Å². The minimum Gasteiger partial charge on any atom is -0.486 e. The molecule has 2 aromatic carbocycles. The molecular weight excluding hydrogens is 336 g/mol. The molecule has 1 amide bonds. The maximum absolute atomic E-state index is 12.1. The Bertz CT molecular complexity index is 938. The van der Waals surface area contributed by atoms with Gasteiger partial charge in [-0.3, -0.25) is 4.79 Å². The molecule has 3 aromatic rings. The van der Waals surface area contributed by atoms with Crippen molar-refractivity contribution in [3.05, 3.63) is 59.9 Å². The Morgan fingerprint density at radius 2 is 1.92 bits per heavy atom. The summed E-state index contributed by atoms with van der Waals surface area (Å²) in [5.74, 6) is 1.06. The SMILES string of the molecule is O=C(N/N=C/c1ccc2c(c1)OCCO2)c1ccc(-n2cnnn2)cc1. The Hall–Kier alpha value is -3.75. The summed E-state index contributed by atoms with van der Waals surface area (Å²) in [7, 11) is 0. The summed E-state index contributed by atoms with van der Waals surface area (Å²) >= 11 is 0. The van der Waals surface area contributed by atoms with Crippen molar-refractivity contribution in [1.29, 1.82) is 0 Å². The first-order valence-corrected chi connectivity index (χ1v) is 7.86. The molecule has 1 N–H and O–H groups in total. The van der Waals surface area contributed by atoms with Crippen molar-refractivity contribution >= 4 is 12.1 Å². The highest BCUT2D eigenvalue weighted by Crippen LogP contribution is 2.30. The van der Waals surface area contributed by atoms with Crippen molar-refractivity contribution < 1.29 is 14.3 Å². The van der Waals surface area contributed by atoms with E-state index in [9.17, 15) is 4.79 Å². The third kappa shape index (κ3) is 3.36. The van der Waals surface area contributed by atoms with Crippen LogP contribution in [0.25, 0.3) is 5.69 Å². The standard InChI is InChI=1S/C17H14N6O3/c24-17(13-2-4-14(5-3-13)23-11-19-21-22-23)20-18-10-12-1-6-15-16(9-12)26-8-7-25-15/h1-6,9-11H,7-8H2,(H,20,24)/b18-10+. The Morgan fingerprint density at radius 3 is 2.69 bits per heavy atom. The van der Waals surface area contributed by atoms with Crippen LogP contribution in [-0.4, -0.2) is 45.5 Å². The van der Waals surface area contributed by atoms with Crippen LogP contribution in [0, 0.1) is 0 Å². The van der Waals surface area contributed by atoms with Gasteiger partial charge >= 0.3 is 0 Å². The van der Waals surface area contributed by atoms with Crippen LogP contribution in [0.4, 0.5) is 0 Å². The largest absolute Gasteiger partial charge is 0.486 e. The summed E-state index contributed by atoms with van der Waals surface area (Å²) in [6.45, 7) is 1.06. The topological polar surface area (TPSA) is 104 Å². The molecule has 0 radical (unpaired) electrons. The van der Waals surface area contributed by atoms with Crippen LogP contribution < -0.4 is 14.9 Å². The summed E-state index contributed by atoms with van der Waals surface area (Å²) in [5.41, 5.74) is 4.52. The molecule has 0 saturated carbocycles. The number of carbonyl (C=O) groups excluding carboxylic acids is 1. The predicted octanol–water partition coefficient (Wildman–Crippen LogP) is 1.20. The van der Waals surface area contributed by atoms with Gasteiger partial charge in [-0.05, 0) is 58.5 Å². The van der Waals surface area contributed by atoms with Gasteiger partial charge in [0.1, 0.15) is 19.5 Å². The normalized spacial score (nSPS) is 12.9. The molecule has 0 aliphatic carbocycles. The highest BCUT2D eigenvalue weighted by molar-refractivity contribution is 5.95. The van der Waals surface area contributed by atoms with Gasteiger partial charge in [0.15, 0.2) is 11.5 Å². The van der Waals surface area contributed by atoms with E-state index >= 15 is 0 Å². The number of hydrogen-bond donors (Lipinski definition) is 1. The maximum Gasteiger partial charge on any atom is 0.271 e. The molecule has 0 unspecified atom stereocenters. The second-order valence-electron chi connectivity index (χ2n) is 5.40. The van der Waals surface area contributed by atoms with Crippen LogP contribution >= 0.6 is 0 Å². The lowest BCUT2D eigenvalue weighted by molar-refractivity contribution is 0.0955. The van der Waals surface area contributed by atoms with E-state index in [0.717, 1.165) is 11.3 Å². The molecular formula is C17H14N6O3. The van der Waals surface area contributed by atoms with Crippen LogP contribution in [0.3, 0.4) is 0 Å². The molecule has 26 heavy (non-hydrogen) atoms. The monoisotopic (exact) mass is 350 g/mol. The van der Waals surface area contributed by atoms with E-state index in [2.05, 4.69) is 26.1 Å². The van der Waals surface area contributed by atoms with E-state index in [0.29, 0.717) is 30.3 Å². The number of benzene rings is 2. The molecule has 1 aromatic heterocycles. The van der Waals surface area contributed by atoms with Gasteiger partial charge in [0.2, 0.25) is 0 Å². The number of tetrazole rings is 1. The molecule has 0 atom stereocenters. The first-order valence-electron chi connectivity index (χ1n) is 7.86. The van der Waals surface area contributed by atoms with E-state index in [1.807, 2.05) is 18.2 Å². The minimum absolute atomic E-state index is 0.318.